The second-order valence-electron chi connectivity index (χ2n) is 7.47. The van der Waals surface area contributed by atoms with E-state index in [0.717, 1.165) is 10.9 Å². The fourth-order valence-corrected chi connectivity index (χ4v) is 3.28. The van der Waals surface area contributed by atoms with Crippen LogP contribution >= 0.6 is 15.9 Å². The van der Waals surface area contributed by atoms with Crippen molar-refractivity contribution >= 4 is 33.4 Å². The van der Waals surface area contributed by atoms with Gasteiger partial charge in [-0.1, -0.05) is 19.9 Å². The topological polar surface area (TPSA) is 80.6 Å². The molecule has 2 aromatic carbocycles. The molecule has 1 heterocycles. The highest BCUT2D eigenvalue weighted by molar-refractivity contribution is 9.10. The third-order valence-electron chi connectivity index (χ3n) is 4.53. The Morgan fingerprint density at radius 1 is 1.03 bits per heavy atom. The average molecular weight is 485 g/mol. The van der Waals surface area contributed by atoms with Gasteiger partial charge in [0.25, 0.3) is 11.8 Å². The van der Waals surface area contributed by atoms with Crippen LogP contribution in [0.25, 0.3) is 0 Å². The van der Waals surface area contributed by atoms with Crippen LogP contribution in [0.15, 0.2) is 69.8 Å². The van der Waals surface area contributed by atoms with Gasteiger partial charge in [0.2, 0.25) is 0 Å². The van der Waals surface area contributed by atoms with Gasteiger partial charge in [-0.2, -0.15) is 0 Å². The van der Waals surface area contributed by atoms with Crippen molar-refractivity contribution in [2.75, 3.05) is 11.9 Å². The summed E-state index contributed by atoms with van der Waals surface area (Å²) in [6.45, 7) is 5.20. The standard InChI is InChI=1S/C24H25BrN2O4/c1-16(2)10-12-31-22-9-8-18(14-21(22)25)24(29)27-19-6-3-5-17(13-19)23(28)26-15-20-7-4-11-30-20/h3-9,11,13-14,16H,10,12,15H2,1-2H3,(H,26,28)(H,27,29). The molecule has 0 spiro atoms. The predicted molar refractivity (Wildman–Crippen MR) is 123 cm³/mol. The Morgan fingerprint density at radius 3 is 2.55 bits per heavy atom. The van der Waals surface area contributed by atoms with E-state index in [9.17, 15) is 9.59 Å². The van der Waals surface area contributed by atoms with Crippen molar-refractivity contribution in [1.29, 1.82) is 0 Å². The zero-order valence-electron chi connectivity index (χ0n) is 17.5. The molecule has 31 heavy (non-hydrogen) atoms. The third kappa shape index (κ3) is 6.72. The molecule has 0 unspecified atom stereocenters. The number of nitrogens with one attached hydrogen (secondary N) is 2. The van der Waals surface area contributed by atoms with Gasteiger partial charge in [-0.15, -0.1) is 0 Å². The van der Waals surface area contributed by atoms with E-state index in [-0.39, 0.29) is 11.8 Å². The molecule has 0 aliphatic carbocycles. The van der Waals surface area contributed by atoms with Crippen LogP contribution in [0.5, 0.6) is 5.75 Å². The van der Waals surface area contributed by atoms with Crippen LogP contribution in [0.1, 0.15) is 46.7 Å². The van der Waals surface area contributed by atoms with Crippen LogP contribution < -0.4 is 15.4 Å². The Labute approximate surface area is 190 Å². The highest BCUT2D eigenvalue weighted by atomic mass is 79.9. The summed E-state index contributed by atoms with van der Waals surface area (Å²) in [5, 5.41) is 5.61. The van der Waals surface area contributed by atoms with Crippen LogP contribution in [-0.2, 0) is 6.54 Å². The molecule has 0 aliphatic rings. The Morgan fingerprint density at radius 2 is 1.84 bits per heavy atom. The number of hydrogen-bond acceptors (Lipinski definition) is 4. The number of carbonyl (C=O) groups excluding carboxylic acids is 2. The second kappa shape index (κ2) is 10.8. The van der Waals surface area contributed by atoms with E-state index in [1.54, 1.807) is 60.9 Å². The van der Waals surface area contributed by atoms with Crippen molar-refractivity contribution in [2.24, 2.45) is 5.92 Å². The molecular formula is C24H25BrN2O4. The number of halogens is 1. The van der Waals surface area contributed by atoms with Gasteiger partial charge < -0.3 is 19.8 Å². The van der Waals surface area contributed by atoms with E-state index in [0.29, 0.717) is 47.4 Å². The fraction of sp³-hybridized carbons (Fsp3) is 0.250. The molecule has 0 atom stereocenters. The molecule has 7 heteroatoms. The van der Waals surface area contributed by atoms with Crippen molar-refractivity contribution in [3.05, 3.63) is 82.2 Å². The average Bonchev–Trinajstić information content (AvgIpc) is 3.26. The molecule has 0 radical (unpaired) electrons. The summed E-state index contributed by atoms with van der Waals surface area (Å²) in [6.07, 6.45) is 2.51. The molecule has 0 bridgehead atoms. The van der Waals surface area contributed by atoms with Crippen molar-refractivity contribution in [2.45, 2.75) is 26.8 Å². The van der Waals surface area contributed by atoms with Gasteiger partial charge in [-0.25, -0.2) is 0 Å². The molecule has 0 fully saturated rings. The number of ether oxygens (including phenoxy) is 1. The predicted octanol–water partition coefficient (Wildman–Crippen LogP) is 5.65. The SMILES string of the molecule is CC(C)CCOc1ccc(C(=O)Nc2cccc(C(=O)NCc3ccco3)c2)cc1Br. The smallest absolute Gasteiger partial charge is 0.255 e. The molecule has 1 aromatic heterocycles. The maximum atomic E-state index is 12.7. The lowest BCUT2D eigenvalue weighted by atomic mass is 10.1. The molecule has 6 nitrogen and oxygen atoms in total. The van der Waals surface area contributed by atoms with Gasteiger partial charge >= 0.3 is 0 Å². The molecule has 2 N–H and O–H groups in total. The van der Waals surface area contributed by atoms with Gasteiger partial charge in [-0.05, 0) is 76.8 Å². The Hall–Kier alpha value is -3.06. The van der Waals surface area contributed by atoms with Crippen LogP contribution in [0, 0.1) is 5.92 Å². The molecular weight excluding hydrogens is 460 g/mol. The molecule has 0 aliphatic heterocycles. The summed E-state index contributed by atoms with van der Waals surface area (Å²) >= 11 is 3.47. The first-order valence-electron chi connectivity index (χ1n) is 10.1. The Balaban J connectivity index is 1.60. The quantitative estimate of drug-likeness (QED) is 0.411. The summed E-state index contributed by atoms with van der Waals surface area (Å²) in [4.78, 5) is 25.0. The molecule has 3 aromatic rings. The highest BCUT2D eigenvalue weighted by Gasteiger charge is 2.12. The fourth-order valence-electron chi connectivity index (χ4n) is 2.79. The van der Waals surface area contributed by atoms with Crippen LogP contribution in [0.4, 0.5) is 5.69 Å². The number of furan rings is 1. The maximum Gasteiger partial charge on any atom is 0.255 e. The maximum absolute atomic E-state index is 12.7. The van der Waals surface area contributed by atoms with Gasteiger partial charge in [0.15, 0.2) is 0 Å². The van der Waals surface area contributed by atoms with Crippen molar-refractivity contribution in [3.8, 4) is 5.75 Å². The number of hydrogen-bond donors (Lipinski definition) is 2. The van der Waals surface area contributed by atoms with Crippen LogP contribution in [0.3, 0.4) is 0 Å². The van der Waals surface area contributed by atoms with Gasteiger partial charge in [0.1, 0.15) is 11.5 Å². The lowest BCUT2D eigenvalue weighted by Crippen LogP contribution is -2.22. The van der Waals surface area contributed by atoms with E-state index in [1.807, 2.05) is 0 Å². The van der Waals surface area contributed by atoms with Crippen molar-refractivity contribution in [3.63, 3.8) is 0 Å². The number of anilines is 1. The summed E-state index contributed by atoms with van der Waals surface area (Å²) in [7, 11) is 0. The largest absolute Gasteiger partial charge is 0.492 e. The first-order valence-corrected chi connectivity index (χ1v) is 10.9. The lowest BCUT2D eigenvalue weighted by Gasteiger charge is -2.11. The zero-order chi connectivity index (χ0) is 22.2. The van der Waals surface area contributed by atoms with E-state index in [2.05, 4.69) is 40.4 Å². The minimum atomic E-state index is -0.275. The van der Waals surface area contributed by atoms with Crippen LogP contribution in [-0.4, -0.2) is 18.4 Å². The van der Waals surface area contributed by atoms with Gasteiger partial charge in [0, 0.05) is 16.8 Å². The van der Waals surface area contributed by atoms with Crippen LogP contribution in [0.2, 0.25) is 0 Å². The Bertz CT molecular complexity index is 1030. The summed E-state index contributed by atoms with van der Waals surface area (Å²) < 4.78 is 11.7. The number of benzene rings is 2. The summed E-state index contributed by atoms with van der Waals surface area (Å²) in [5.74, 6) is 1.40. The second-order valence-corrected chi connectivity index (χ2v) is 8.33. The van der Waals surface area contributed by atoms with E-state index in [1.165, 1.54) is 0 Å². The van der Waals surface area contributed by atoms with E-state index < -0.39 is 0 Å². The minimum Gasteiger partial charge on any atom is -0.492 e. The number of carbonyl (C=O) groups is 2. The number of rotatable bonds is 9. The molecule has 0 saturated carbocycles. The zero-order valence-corrected chi connectivity index (χ0v) is 19.1. The summed E-state index contributed by atoms with van der Waals surface area (Å²) in [6, 6.07) is 15.5. The van der Waals surface area contributed by atoms with Crippen molar-refractivity contribution < 1.29 is 18.7 Å². The minimum absolute atomic E-state index is 0.252. The molecule has 0 saturated heterocycles. The van der Waals surface area contributed by atoms with E-state index >= 15 is 0 Å². The monoisotopic (exact) mass is 484 g/mol. The Kier molecular flexibility index (Phi) is 7.89. The lowest BCUT2D eigenvalue weighted by molar-refractivity contribution is 0.0946. The molecule has 3 rings (SSSR count). The normalized spacial score (nSPS) is 10.7. The first kappa shape index (κ1) is 22.6. The first-order chi connectivity index (χ1) is 14.9. The van der Waals surface area contributed by atoms with E-state index in [4.69, 9.17) is 9.15 Å². The summed E-state index contributed by atoms with van der Waals surface area (Å²) in [5.41, 5.74) is 1.46. The van der Waals surface area contributed by atoms with Gasteiger partial charge in [0.05, 0.1) is 23.9 Å². The van der Waals surface area contributed by atoms with Crippen molar-refractivity contribution in [1.82, 2.24) is 5.32 Å². The highest BCUT2D eigenvalue weighted by Crippen LogP contribution is 2.27. The third-order valence-corrected chi connectivity index (χ3v) is 5.15. The van der Waals surface area contributed by atoms with Gasteiger partial charge in [-0.3, -0.25) is 9.59 Å². The molecule has 162 valence electrons. The number of amides is 2. The molecule has 2 amide bonds.